The Balaban J connectivity index is 0.000000187. The number of piperidine rings is 1. The van der Waals surface area contributed by atoms with Crippen LogP contribution < -0.4 is 5.56 Å². The van der Waals surface area contributed by atoms with Crippen molar-refractivity contribution in [3.63, 3.8) is 0 Å². The number of hydrogen-bond donors (Lipinski definition) is 2. The molecule has 1 saturated heterocycles. The van der Waals surface area contributed by atoms with Gasteiger partial charge in [0.05, 0.1) is 22.3 Å². The molecule has 0 saturated carbocycles. The molecule has 2 N–H and O–H groups in total. The molecule has 9 nitrogen and oxygen atoms in total. The van der Waals surface area contributed by atoms with Gasteiger partial charge in [-0.05, 0) is 85.7 Å². The fraction of sp³-hybridized carbons (Fsp3) is 0.343. The molecule has 46 heavy (non-hydrogen) atoms. The summed E-state index contributed by atoms with van der Waals surface area (Å²) in [5.41, 5.74) is 5.06. The zero-order valence-electron chi connectivity index (χ0n) is 26.0. The number of hydrogen-bond acceptors (Lipinski definition) is 6. The fourth-order valence-electron chi connectivity index (χ4n) is 6.08. The Morgan fingerprint density at radius 3 is 2.57 bits per heavy atom. The molecule has 1 amide bonds. The first kappa shape index (κ1) is 33.0. The van der Waals surface area contributed by atoms with Gasteiger partial charge in [-0.25, -0.2) is 4.39 Å². The molecular formula is C35H38ClFN6O3. The molecule has 0 bridgehead atoms. The number of rotatable bonds is 10. The third-order valence-electron chi connectivity index (χ3n) is 8.70. The van der Waals surface area contributed by atoms with E-state index in [1.54, 1.807) is 35.5 Å². The Labute approximate surface area is 271 Å². The molecule has 0 radical (unpaired) electrons. The lowest BCUT2D eigenvalue weighted by atomic mass is 9.90. The molecular weight excluding hydrogens is 607 g/mol. The quantitative estimate of drug-likeness (QED) is 0.180. The number of fused-ring (bicyclic) bond motifs is 2. The number of pyridine rings is 2. The van der Waals surface area contributed by atoms with Gasteiger partial charge in [0.1, 0.15) is 12.1 Å². The zero-order chi connectivity index (χ0) is 32.6. The number of amides is 1. The van der Waals surface area contributed by atoms with Crippen molar-refractivity contribution >= 4 is 46.1 Å². The van der Waals surface area contributed by atoms with Gasteiger partial charge < -0.3 is 14.7 Å². The van der Waals surface area contributed by atoms with E-state index in [1.807, 2.05) is 31.3 Å². The zero-order valence-corrected chi connectivity index (χ0v) is 26.8. The Bertz CT molecular complexity index is 1850. The molecule has 0 unspecified atom stereocenters. The first-order valence-corrected chi connectivity index (χ1v) is 15.9. The average Bonchev–Trinajstić information content (AvgIpc) is 3.57. The largest absolute Gasteiger partial charge is 0.345 e. The molecule has 2 aromatic carbocycles. The fourth-order valence-corrected chi connectivity index (χ4v) is 6.35. The molecule has 3 aromatic heterocycles. The van der Waals surface area contributed by atoms with Gasteiger partial charge in [-0.1, -0.05) is 30.7 Å². The van der Waals surface area contributed by atoms with Crippen molar-refractivity contribution in [1.29, 1.82) is 0 Å². The monoisotopic (exact) mass is 644 g/mol. The summed E-state index contributed by atoms with van der Waals surface area (Å²) in [7, 11) is 2.09. The van der Waals surface area contributed by atoms with Crippen molar-refractivity contribution in [3.05, 3.63) is 105 Å². The number of aromatic nitrogens is 4. The summed E-state index contributed by atoms with van der Waals surface area (Å²) in [5.74, 6) is -0.288. The third-order valence-corrected chi connectivity index (χ3v) is 8.99. The number of halogens is 2. The highest BCUT2D eigenvalue weighted by Crippen LogP contribution is 2.31. The highest BCUT2D eigenvalue weighted by molar-refractivity contribution is 6.35. The van der Waals surface area contributed by atoms with Crippen LogP contribution in [0.5, 0.6) is 0 Å². The summed E-state index contributed by atoms with van der Waals surface area (Å²) >= 11 is 6.43. The van der Waals surface area contributed by atoms with Crippen molar-refractivity contribution in [1.82, 2.24) is 30.0 Å². The van der Waals surface area contributed by atoms with Crippen LogP contribution in [0.4, 0.5) is 4.39 Å². The van der Waals surface area contributed by atoms with Crippen LogP contribution in [0.2, 0.25) is 5.02 Å². The number of nitrogens with zero attached hydrogens (tertiary/aromatic N) is 4. The van der Waals surface area contributed by atoms with E-state index in [9.17, 15) is 18.8 Å². The van der Waals surface area contributed by atoms with Crippen molar-refractivity contribution < 1.29 is 14.0 Å². The average molecular weight is 645 g/mol. The Kier molecular flexibility index (Phi) is 10.9. The summed E-state index contributed by atoms with van der Waals surface area (Å²) in [6.45, 7) is 4.92. The van der Waals surface area contributed by atoms with Gasteiger partial charge in [0, 0.05) is 60.8 Å². The topological polar surface area (TPSA) is 115 Å². The number of benzene rings is 2. The van der Waals surface area contributed by atoms with E-state index in [0.29, 0.717) is 35.5 Å². The molecule has 1 fully saturated rings. The van der Waals surface area contributed by atoms with Crippen LogP contribution in [0.15, 0.2) is 65.8 Å². The van der Waals surface area contributed by atoms with E-state index in [-0.39, 0.29) is 22.9 Å². The minimum atomic E-state index is -0.415. The van der Waals surface area contributed by atoms with Crippen molar-refractivity contribution in [2.24, 2.45) is 5.92 Å². The second-order valence-electron chi connectivity index (χ2n) is 11.9. The summed E-state index contributed by atoms with van der Waals surface area (Å²) in [4.78, 5) is 44.8. The van der Waals surface area contributed by atoms with Crippen molar-refractivity contribution in [2.75, 3.05) is 20.1 Å². The van der Waals surface area contributed by atoms with Gasteiger partial charge in [0.25, 0.3) is 5.56 Å². The van der Waals surface area contributed by atoms with E-state index in [4.69, 9.17) is 11.6 Å². The Hall–Kier alpha value is -4.41. The summed E-state index contributed by atoms with van der Waals surface area (Å²) in [5, 5.41) is 9.53. The van der Waals surface area contributed by atoms with E-state index in [1.165, 1.54) is 17.2 Å². The maximum atomic E-state index is 13.6. The van der Waals surface area contributed by atoms with Crippen LogP contribution >= 0.6 is 11.6 Å². The van der Waals surface area contributed by atoms with E-state index in [2.05, 4.69) is 32.1 Å². The first-order chi connectivity index (χ1) is 22.3. The maximum Gasteiger partial charge on any atom is 0.251 e. The second-order valence-corrected chi connectivity index (χ2v) is 12.3. The van der Waals surface area contributed by atoms with Crippen molar-refractivity contribution in [3.8, 4) is 0 Å². The Morgan fingerprint density at radius 1 is 1.11 bits per heavy atom. The van der Waals surface area contributed by atoms with Crippen molar-refractivity contribution in [2.45, 2.75) is 51.6 Å². The molecule has 11 heteroatoms. The molecule has 6 rings (SSSR count). The molecule has 4 heterocycles. The molecule has 1 aliphatic heterocycles. The van der Waals surface area contributed by atoms with Gasteiger partial charge in [0.15, 0.2) is 0 Å². The molecule has 0 aliphatic carbocycles. The van der Waals surface area contributed by atoms with Gasteiger partial charge in [-0.3, -0.25) is 24.6 Å². The number of carbonyl (C=O) groups excluding carboxylic acids is 2. The van der Waals surface area contributed by atoms with Crippen LogP contribution in [0.25, 0.3) is 21.8 Å². The van der Waals surface area contributed by atoms with Gasteiger partial charge in [-0.15, -0.1) is 0 Å². The second kappa shape index (κ2) is 15.2. The predicted octanol–water partition coefficient (Wildman–Crippen LogP) is 6.01. The van der Waals surface area contributed by atoms with Crippen LogP contribution in [-0.2, 0) is 29.1 Å². The number of carbonyl (C=O) groups is 2. The van der Waals surface area contributed by atoms with Crippen LogP contribution in [-0.4, -0.2) is 62.8 Å². The lowest BCUT2D eigenvalue weighted by Crippen LogP contribution is -2.33. The number of nitrogens with one attached hydrogen (secondary N) is 2. The first-order valence-electron chi connectivity index (χ1n) is 15.5. The minimum Gasteiger partial charge on any atom is -0.345 e. The number of para-hydroxylation sites is 1. The van der Waals surface area contributed by atoms with Gasteiger partial charge in [-0.2, -0.15) is 5.10 Å². The van der Waals surface area contributed by atoms with Crippen LogP contribution in [0.3, 0.4) is 0 Å². The maximum absolute atomic E-state index is 13.6. The van der Waals surface area contributed by atoms with E-state index >= 15 is 0 Å². The third kappa shape index (κ3) is 7.68. The molecule has 0 spiro atoms. The smallest absolute Gasteiger partial charge is 0.251 e. The number of likely N-dealkylation sites (tertiary alicyclic amines) is 1. The van der Waals surface area contributed by atoms with Gasteiger partial charge >= 0.3 is 0 Å². The predicted molar refractivity (Wildman–Crippen MR) is 178 cm³/mol. The minimum absolute atomic E-state index is 0.000304. The lowest BCUT2D eigenvalue weighted by molar-refractivity contribution is -0.119. The van der Waals surface area contributed by atoms with Crippen LogP contribution in [0, 0.1) is 11.7 Å². The van der Waals surface area contributed by atoms with Crippen LogP contribution in [0.1, 0.15) is 54.4 Å². The molecule has 1 atom stereocenters. The normalized spacial score (nSPS) is 14.3. The highest BCUT2D eigenvalue weighted by Gasteiger charge is 2.22. The number of H-pyrrole nitrogens is 2. The molecule has 240 valence electrons. The number of aldehydes is 1. The molecule has 5 aromatic rings. The Morgan fingerprint density at radius 2 is 1.87 bits per heavy atom. The summed E-state index contributed by atoms with van der Waals surface area (Å²) < 4.78 is 13.6. The SMILES string of the molecule is CC[C@@H](C=O)Cc1cc(Cl)c2[nH]ncc2c1CN(C)Cc1ccncc1.O=CN1CCC(c2cc3cccc(F)c3[nH]c2=O)CC1. The van der Waals surface area contributed by atoms with Gasteiger partial charge in [0.2, 0.25) is 6.41 Å². The lowest BCUT2D eigenvalue weighted by Gasteiger charge is -2.29. The standard InChI is InChI=1S/C20H23ClN4O.C15H15FN2O2/c1-3-14(13-26)8-16-9-19(21)20-17(10-23-24-20)18(16)12-25(2)11-15-4-6-22-7-5-15;16-13-3-1-2-11-8-12(15(20)17-14(11)13)10-4-6-18(9-19)7-5-10/h4-7,9-10,13-14H,3,8,11-12H2,1-2H3,(H,23,24);1-3,8-10H,4-7H2,(H,17,20)/t14-;/m1./s1. The summed E-state index contributed by atoms with van der Waals surface area (Å²) in [6.07, 6.45) is 10.4. The summed E-state index contributed by atoms with van der Waals surface area (Å²) in [6, 6.07) is 12.6. The van der Waals surface area contributed by atoms with E-state index < -0.39 is 5.82 Å². The van der Waals surface area contributed by atoms with E-state index in [0.717, 1.165) is 61.5 Å². The highest BCUT2D eigenvalue weighted by atomic mass is 35.5. The molecule has 1 aliphatic rings. The number of aromatic amines is 2.